The van der Waals surface area contributed by atoms with E-state index >= 15 is 0 Å². The normalized spacial score (nSPS) is 16.0. The van der Waals surface area contributed by atoms with E-state index in [1.54, 1.807) is 19.0 Å². The first-order chi connectivity index (χ1) is 10.1. The average Bonchev–Trinajstić information content (AvgIpc) is 2.52. The molecule has 0 bridgehead atoms. The number of carbonyl (C=O) groups excluding carboxylic acids is 1. The predicted molar refractivity (Wildman–Crippen MR) is 84.1 cm³/mol. The number of aromatic nitrogens is 1. The second kappa shape index (κ2) is 7.41. The van der Waals surface area contributed by atoms with Gasteiger partial charge in [0.25, 0.3) is 0 Å². The number of piperidine rings is 1. The number of aryl methyl sites for hydroxylation is 1. The minimum absolute atomic E-state index is 0.117. The predicted octanol–water partition coefficient (Wildman–Crippen LogP) is 1.88. The number of urea groups is 1. The van der Waals surface area contributed by atoms with Gasteiger partial charge in [-0.15, -0.1) is 0 Å². The summed E-state index contributed by atoms with van der Waals surface area (Å²) in [6.07, 6.45) is 4.89. The van der Waals surface area contributed by atoms with Gasteiger partial charge in [-0.1, -0.05) is 13.0 Å². The summed E-state index contributed by atoms with van der Waals surface area (Å²) in [4.78, 5) is 19.9. The van der Waals surface area contributed by atoms with Gasteiger partial charge in [0.2, 0.25) is 0 Å². The van der Waals surface area contributed by atoms with Crippen molar-refractivity contribution in [1.29, 1.82) is 0 Å². The Morgan fingerprint density at radius 2 is 2.14 bits per heavy atom. The fraction of sp³-hybridized carbons (Fsp3) is 0.625. The lowest BCUT2D eigenvalue weighted by atomic mass is 10.0. The van der Waals surface area contributed by atoms with Gasteiger partial charge in [0.05, 0.1) is 5.69 Å². The largest absolute Gasteiger partial charge is 0.331 e. The molecule has 5 heteroatoms. The third-order valence-electron chi connectivity index (χ3n) is 4.07. The van der Waals surface area contributed by atoms with Crippen LogP contribution >= 0.6 is 0 Å². The number of rotatable bonds is 4. The lowest BCUT2D eigenvalue weighted by Gasteiger charge is -2.34. The molecule has 0 aromatic carbocycles. The number of hydrogen-bond acceptors (Lipinski definition) is 3. The monoisotopic (exact) mass is 290 g/mol. The first-order valence-electron chi connectivity index (χ1n) is 7.74. The lowest BCUT2D eigenvalue weighted by Crippen LogP contribution is -2.48. The highest BCUT2D eigenvalue weighted by Crippen LogP contribution is 2.13. The van der Waals surface area contributed by atoms with Gasteiger partial charge in [-0.2, -0.15) is 0 Å². The van der Waals surface area contributed by atoms with Crippen LogP contribution in [0.4, 0.5) is 4.79 Å². The molecule has 1 fully saturated rings. The van der Waals surface area contributed by atoms with Gasteiger partial charge >= 0.3 is 6.03 Å². The third kappa shape index (κ3) is 4.17. The van der Waals surface area contributed by atoms with Crippen molar-refractivity contribution in [3.63, 3.8) is 0 Å². The van der Waals surface area contributed by atoms with E-state index in [-0.39, 0.29) is 6.03 Å². The molecule has 0 atom stereocenters. The van der Waals surface area contributed by atoms with Crippen LogP contribution in [0.5, 0.6) is 0 Å². The second-order valence-corrected chi connectivity index (χ2v) is 5.78. The third-order valence-corrected chi connectivity index (χ3v) is 4.07. The van der Waals surface area contributed by atoms with Crippen LogP contribution in [-0.2, 0) is 13.0 Å². The first kappa shape index (κ1) is 15.8. The number of pyridine rings is 1. The number of nitrogens with zero attached hydrogens (tertiary/aromatic N) is 3. The Morgan fingerprint density at radius 1 is 1.43 bits per heavy atom. The molecule has 1 aromatic rings. The summed E-state index contributed by atoms with van der Waals surface area (Å²) in [5.41, 5.74) is 2.46. The van der Waals surface area contributed by atoms with Crippen LogP contribution < -0.4 is 5.32 Å². The summed E-state index contributed by atoms with van der Waals surface area (Å²) in [7, 11) is 3.61. The maximum Gasteiger partial charge on any atom is 0.319 e. The zero-order chi connectivity index (χ0) is 15.2. The topological polar surface area (TPSA) is 48.5 Å². The van der Waals surface area contributed by atoms with Crippen molar-refractivity contribution in [3.8, 4) is 0 Å². The summed E-state index contributed by atoms with van der Waals surface area (Å²) in [6, 6.07) is 4.73. The van der Waals surface area contributed by atoms with Crippen molar-refractivity contribution in [3.05, 3.63) is 29.6 Å². The van der Waals surface area contributed by atoms with Gasteiger partial charge < -0.3 is 15.1 Å². The van der Waals surface area contributed by atoms with Crippen LogP contribution in [0.3, 0.4) is 0 Å². The zero-order valence-electron chi connectivity index (χ0n) is 13.3. The van der Waals surface area contributed by atoms with Gasteiger partial charge in [0.1, 0.15) is 0 Å². The lowest BCUT2D eigenvalue weighted by molar-refractivity contribution is 0.152. The number of nitrogens with one attached hydrogen (secondary N) is 1. The highest BCUT2D eigenvalue weighted by Gasteiger charge is 2.23. The Bertz CT molecular complexity index is 467. The Hall–Kier alpha value is -1.62. The van der Waals surface area contributed by atoms with Crippen LogP contribution in [0.15, 0.2) is 18.3 Å². The number of hydrogen-bond donors (Lipinski definition) is 1. The molecule has 1 N–H and O–H groups in total. The standard InChI is InChI=1S/C16H26N4O/c1-4-13-6-5-9-17-15(13)12-18-14-7-10-20(11-8-14)16(21)19(2)3/h5-6,9,14,18H,4,7-8,10-12H2,1-3H3. The number of amides is 2. The Kier molecular flexibility index (Phi) is 5.56. The van der Waals surface area contributed by atoms with E-state index in [1.165, 1.54) is 5.56 Å². The fourth-order valence-corrected chi connectivity index (χ4v) is 2.75. The quantitative estimate of drug-likeness (QED) is 0.921. The molecule has 1 aliphatic rings. The van der Waals surface area contributed by atoms with Crippen molar-refractivity contribution in [2.24, 2.45) is 0 Å². The Balaban J connectivity index is 1.80. The Labute approximate surface area is 127 Å². The molecule has 0 radical (unpaired) electrons. The van der Waals surface area contributed by atoms with Gasteiger partial charge in [-0.05, 0) is 30.9 Å². The first-order valence-corrected chi connectivity index (χ1v) is 7.74. The smallest absolute Gasteiger partial charge is 0.319 e. The molecule has 0 unspecified atom stereocenters. The van der Waals surface area contributed by atoms with Gasteiger partial charge in [0.15, 0.2) is 0 Å². The molecule has 0 aliphatic carbocycles. The molecule has 0 spiro atoms. The maximum atomic E-state index is 11.9. The van der Waals surface area contributed by atoms with Gasteiger partial charge in [-0.3, -0.25) is 4.98 Å². The minimum Gasteiger partial charge on any atom is -0.331 e. The molecule has 2 amide bonds. The zero-order valence-corrected chi connectivity index (χ0v) is 13.3. The van der Waals surface area contributed by atoms with Crippen LogP contribution in [0.2, 0.25) is 0 Å². The molecule has 1 saturated heterocycles. The summed E-state index contributed by atoms with van der Waals surface area (Å²) in [5, 5.41) is 3.59. The molecule has 21 heavy (non-hydrogen) atoms. The van der Waals surface area contributed by atoms with Crippen LogP contribution in [0.25, 0.3) is 0 Å². The van der Waals surface area contributed by atoms with E-state index in [2.05, 4.69) is 23.3 Å². The maximum absolute atomic E-state index is 11.9. The fourth-order valence-electron chi connectivity index (χ4n) is 2.75. The molecule has 116 valence electrons. The second-order valence-electron chi connectivity index (χ2n) is 5.78. The van der Waals surface area contributed by atoms with Crippen molar-refractivity contribution >= 4 is 6.03 Å². The molecule has 1 aromatic heterocycles. The number of carbonyl (C=O) groups is 1. The highest BCUT2D eigenvalue weighted by molar-refractivity contribution is 5.73. The minimum atomic E-state index is 0.117. The highest BCUT2D eigenvalue weighted by atomic mass is 16.2. The van der Waals surface area contributed by atoms with Crippen molar-refractivity contribution in [1.82, 2.24) is 20.1 Å². The summed E-state index contributed by atoms with van der Waals surface area (Å²) in [6.45, 7) is 4.64. The molecule has 1 aliphatic heterocycles. The Morgan fingerprint density at radius 3 is 2.76 bits per heavy atom. The van der Waals surface area contributed by atoms with Crippen LogP contribution in [0.1, 0.15) is 31.0 Å². The SMILES string of the molecule is CCc1cccnc1CNC1CCN(C(=O)N(C)C)CC1. The van der Waals surface area contributed by atoms with E-state index in [9.17, 15) is 4.79 Å². The van der Waals surface area contributed by atoms with Crippen molar-refractivity contribution < 1.29 is 4.79 Å². The van der Waals surface area contributed by atoms with E-state index in [0.29, 0.717) is 6.04 Å². The summed E-state index contributed by atoms with van der Waals surface area (Å²) in [5.74, 6) is 0. The number of likely N-dealkylation sites (tertiary alicyclic amines) is 1. The van der Waals surface area contributed by atoms with E-state index in [0.717, 1.165) is 44.6 Å². The molecular formula is C16H26N4O. The van der Waals surface area contributed by atoms with Crippen molar-refractivity contribution in [2.75, 3.05) is 27.2 Å². The molecule has 0 saturated carbocycles. The van der Waals surface area contributed by atoms with E-state index < -0.39 is 0 Å². The average molecular weight is 290 g/mol. The molecule has 5 nitrogen and oxygen atoms in total. The summed E-state index contributed by atoms with van der Waals surface area (Å²) >= 11 is 0. The summed E-state index contributed by atoms with van der Waals surface area (Å²) < 4.78 is 0. The molecule has 2 heterocycles. The molecular weight excluding hydrogens is 264 g/mol. The van der Waals surface area contributed by atoms with Gasteiger partial charge in [0, 0.05) is 46.0 Å². The van der Waals surface area contributed by atoms with Gasteiger partial charge in [-0.25, -0.2) is 4.79 Å². The van der Waals surface area contributed by atoms with Crippen LogP contribution in [-0.4, -0.2) is 54.0 Å². The van der Waals surface area contributed by atoms with E-state index in [1.807, 2.05) is 17.2 Å². The van der Waals surface area contributed by atoms with E-state index in [4.69, 9.17) is 0 Å². The molecule has 2 rings (SSSR count). The van der Waals surface area contributed by atoms with Crippen molar-refractivity contribution in [2.45, 2.75) is 38.8 Å². The van der Waals surface area contributed by atoms with Crippen LogP contribution in [0, 0.1) is 0 Å².